The Hall–Kier alpha value is -2.20. The van der Waals surface area contributed by atoms with Crippen LogP contribution in [0.25, 0.3) is 21.8 Å². The number of para-hydroxylation sites is 1. The van der Waals surface area contributed by atoms with Crippen LogP contribution in [0.4, 0.5) is 0 Å². The van der Waals surface area contributed by atoms with Crippen LogP contribution < -0.4 is 4.74 Å². The van der Waals surface area contributed by atoms with E-state index in [-0.39, 0.29) is 8.41 Å². The summed E-state index contributed by atoms with van der Waals surface area (Å²) >= 11 is 0. The van der Waals surface area contributed by atoms with Gasteiger partial charge in [0.2, 0.25) is 0 Å². The monoisotopic (exact) mass is 329 g/mol. The van der Waals surface area contributed by atoms with E-state index in [0.29, 0.717) is 6.61 Å². The van der Waals surface area contributed by atoms with Crippen LogP contribution in [0.1, 0.15) is 12.8 Å². The summed E-state index contributed by atoms with van der Waals surface area (Å²) in [6.45, 7) is 4.38. The van der Waals surface area contributed by atoms with Gasteiger partial charge in [-0.05, 0) is 56.1 Å². The number of ether oxygens (including phenoxy) is 1. The first-order valence-corrected chi connectivity index (χ1v) is 8.91. The van der Waals surface area contributed by atoms with Crippen LogP contribution >= 0.6 is 0 Å². The number of aromatic amines is 1. The molecule has 0 unspecified atom stereocenters. The molecular weight excluding hydrogens is 307 g/mol. The summed E-state index contributed by atoms with van der Waals surface area (Å²) in [5.41, 5.74) is 3.91. The van der Waals surface area contributed by atoms with E-state index in [9.17, 15) is 0 Å². The van der Waals surface area contributed by atoms with Crippen LogP contribution in [0.15, 0.2) is 54.1 Å². The van der Waals surface area contributed by atoms with E-state index in [1.165, 1.54) is 42.2 Å². The first-order valence-electron chi connectivity index (χ1n) is 8.91. The van der Waals surface area contributed by atoms with Crippen molar-refractivity contribution in [3.05, 3.63) is 54.1 Å². The van der Waals surface area contributed by atoms with Crippen LogP contribution in [0.5, 0.6) is 5.75 Å². The predicted molar refractivity (Wildman–Crippen MR) is 104 cm³/mol. The Morgan fingerprint density at radius 2 is 1.84 bits per heavy atom. The van der Waals surface area contributed by atoms with Gasteiger partial charge >= 0.3 is 0 Å². The van der Waals surface area contributed by atoms with Crippen LogP contribution in [-0.2, 0) is 0 Å². The van der Waals surface area contributed by atoms with Gasteiger partial charge in [-0.15, -0.1) is 0 Å². The van der Waals surface area contributed by atoms with Gasteiger partial charge in [-0.2, -0.15) is 0 Å². The van der Waals surface area contributed by atoms with E-state index in [0.717, 1.165) is 23.7 Å². The van der Waals surface area contributed by atoms with Gasteiger partial charge in [-0.25, -0.2) is 0 Å². The summed E-state index contributed by atoms with van der Waals surface area (Å²) in [6, 6.07) is 14.8. The fourth-order valence-corrected chi connectivity index (χ4v) is 4.25. The topological polar surface area (TPSA) is 28.3 Å². The molecule has 0 atom stereocenters. The molecule has 0 saturated carbocycles. The molecule has 0 aliphatic carbocycles. The van der Waals surface area contributed by atoms with Crippen molar-refractivity contribution in [2.24, 2.45) is 5.92 Å². The highest BCUT2D eigenvalue weighted by molar-refractivity contribution is 6.07. The molecule has 0 amide bonds. The number of nitrogens with zero attached hydrogens (tertiary/aromatic N) is 1. The van der Waals surface area contributed by atoms with Gasteiger partial charge in [0.05, 0.1) is 5.52 Å². The molecule has 0 spiro atoms. The van der Waals surface area contributed by atoms with Gasteiger partial charge in [0.25, 0.3) is 0 Å². The lowest BCUT2D eigenvalue weighted by atomic mass is 9.84. The fourth-order valence-electron chi connectivity index (χ4n) is 4.25. The zero-order chi connectivity index (χ0) is 15.9. The van der Waals surface area contributed by atoms with Crippen molar-refractivity contribution in [2.45, 2.75) is 12.8 Å². The smallest absolute Gasteiger partial charge is 0.121 e. The van der Waals surface area contributed by atoms with Gasteiger partial charge in [-0.1, -0.05) is 23.8 Å². The quantitative estimate of drug-likeness (QED) is 0.582. The molecule has 2 aromatic carbocycles. The van der Waals surface area contributed by atoms with Crippen molar-refractivity contribution < 1.29 is 4.74 Å². The van der Waals surface area contributed by atoms with Crippen molar-refractivity contribution in [3.8, 4) is 5.75 Å². The molecule has 1 aromatic heterocycles. The number of benzene rings is 2. The summed E-state index contributed by atoms with van der Waals surface area (Å²) in [4.78, 5) is 6.04. The SMILES string of the molecule is C(COc1ccc2c(c1)[nH]c1ccccc12)=C1CN2CCC1CC2.[B]. The average molecular weight is 329 g/mol. The number of hydrogen-bond donors (Lipinski definition) is 1. The van der Waals surface area contributed by atoms with Gasteiger partial charge in [-0.3, -0.25) is 4.90 Å². The maximum atomic E-state index is 6.01. The number of rotatable bonds is 3. The molecule has 3 aliphatic rings. The highest BCUT2D eigenvalue weighted by atomic mass is 16.5. The Balaban J connectivity index is 0.00000157. The normalized spacial score (nSPS) is 23.9. The maximum Gasteiger partial charge on any atom is 0.121 e. The van der Waals surface area contributed by atoms with Crippen LogP contribution in [0, 0.1) is 5.92 Å². The number of piperidine rings is 3. The maximum absolute atomic E-state index is 6.01. The molecule has 3 saturated heterocycles. The van der Waals surface area contributed by atoms with Crippen LogP contribution in [0.2, 0.25) is 0 Å². The average Bonchev–Trinajstić information content (AvgIpc) is 3.00. The summed E-state index contributed by atoms with van der Waals surface area (Å²) in [5.74, 6) is 1.74. The zero-order valence-corrected chi connectivity index (χ0v) is 14.4. The van der Waals surface area contributed by atoms with Crippen LogP contribution in [-0.4, -0.2) is 44.5 Å². The molecule has 3 aromatic rings. The van der Waals surface area contributed by atoms with Gasteiger partial charge < -0.3 is 9.72 Å². The molecule has 3 fully saturated rings. The highest BCUT2D eigenvalue weighted by Crippen LogP contribution is 2.32. The fraction of sp³-hybridized carbons (Fsp3) is 0.333. The largest absolute Gasteiger partial charge is 0.489 e. The Kier molecular flexibility index (Phi) is 4.30. The van der Waals surface area contributed by atoms with E-state index >= 15 is 0 Å². The lowest BCUT2D eigenvalue weighted by Crippen LogP contribution is -2.43. The molecule has 3 radical (unpaired) electrons. The third-order valence-electron chi connectivity index (χ3n) is 5.59. The molecule has 2 bridgehead atoms. The second-order valence-corrected chi connectivity index (χ2v) is 7.02. The van der Waals surface area contributed by atoms with Gasteiger partial charge in [0.15, 0.2) is 0 Å². The lowest BCUT2D eigenvalue weighted by molar-refractivity contribution is 0.160. The molecule has 4 heteroatoms. The van der Waals surface area contributed by atoms with Crippen molar-refractivity contribution in [1.82, 2.24) is 9.88 Å². The summed E-state index contributed by atoms with van der Waals surface area (Å²) in [7, 11) is 0. The number of aromatic nitrogens is 1. The number of hydrogen-bond acceptors (Lipinski definition) is 2. The minimum Gasteiger partial charge on any atom is -0.489 e. The Bertz CT molecular complexity index is 922. The second-order valence-electron chi connectivity index (χ2n) is 7.02. The van der Waals surface area contributed by atoms with Gasteiger partial charge in [0.1, 0.15) is 12.4 Å². The van der Waals surface area contributed by atoms with Crippen LogP contribution in [0.3, 0.4) is 0 Å². The molecule has 3 nitrogen and oxygen atoms in total. The van der Waals surface area contributed by atoms with Gasteiger partial charge in [0, 0.05) is 37.3 Å². The Morgan fingerprint density at radius 1 is 1.04 bits per heavy atom. The zero-order valence-electron chi connectivity index (χ0n) is 14.4. The standard InChI is InChI=1S/C21H22N2O.B/c1-2-4-20-18(3-1)19-6-5-17(13-21(19)22-20)24-12-9-16-14-23-10-7-15(16)8-11-23;/h1-6,9,13,15,22H,7-8,10-12,14H2;. The Labute approximate surface area is 150 Å². The molecule has 6 rings (SSSR count). The summed E-state index contributed by atoms with van der Waals surface area (Å²) in [6.07, 6.45) is 4.96. The van der Waals surface area contributed by atoms with E-state index in [1.807, 2.05) is 0 Å². The molecule has 125 valence electrons. The van der Waals surface area contributed by atoms with E-state index in [2.05, 4.69) is 58.4 Å². The molecule has 1 N–H and O–H groups in total. The molecule has 4 heterocycles. The number of nitrogens with one attached hydrogen (secondary N) is 1. The molecule has 3 aliphatic heterocycles. The minimum absolute atomic E-state index is 0. The molecule has 25 heavy (non-hydrogen) atoms. The van der Waals surface area contributed by atoms with E-state index in [1.54, 1.807) is 5.57 Å². The first kappa shape index (κ1) is 16.3. The van der Waals surface area contributed by atoms with E-state index < -0.39 is 0 Å². The minimum atomic E-state index is 0. The first-order chi connectivity index (χ1) is 11.9. The number of H-pyrrole nitrogens is 1. The third-order valence-corrected chi connectivity index (χ3v) is 5.59. The lowest BCUT2D eigenvalue weighted by Gasteiger charge is -2.41. The summed E-state index contributed by atoms with van der Waals surface area (Å²) < 4.78 is 6.01. The molecular formula is C21H22BN2O. The van der Waals surface area contributed by atoms with Crippen molar-refractivity contribution in [1.29, 1.82) is 0 Å². The number of fused-ring (bicyclic) bond motifs is 6. The third kappa shape index (κ3) is 2.95. The highest BCUT2D eigenvalue weighted by Gasteiger charge is 2.28. The van der Waals surface area contributed by atoms with Crippen molar-refractivity contribution in [2.75, 3.05) is 26.2 Å². The second kappa shape index (κ2) is 6.60. The predicted octanol–water partition coefficient (Wildman–Crippen LogP) is 3.97. The Morgan fingerprint density at radius 3 is 2.64 bits per heavy atom. The summed E-state index contributed by atoms with van der Waals surface area (Å²) in [5, 5.41) is 2.53. The van der Waals surface area contributed by atoms with Crippen molar-refractivity contribution >= 4 is 30.2 Å². The van der Waals surface area contributed by atoms with Crippen molar-refractivity contribution in [3.63, 3.8) is 0 Å². The van der Waals surface area contributed by atoms with E-state index in [4.69, 9.17) is 4.74 Å².